The lowest BCUT2D eigenvalue weighted by Crippen LogP contribution is -2.43. The zero-order chi connectivity index (χ0) is 17.7. The van der Waals surface area contributed by atoms with Crippen LogP contribution in [0.25, 0.3) is 0 Å². The maximum Gasteiger partial charge on any atom is 0.146 e. The molecule has 4 rings (SSSR count). The molecule has 25 heavy (non-hydrogen) atoms. The second-order valence-electron chi connectivity index (χ2n) is 8.96. The lowest BCUT2D eigenvalue weighted by Gasteiger charge is -2.39. The summed E-state index contributed by atoms with van der Waals surface area (Å²) in [6.07, 6.45) is 3.96. The van der Waals surface area contributed by atoms with Gasteiger partial charge in [0.25, 0.3) is 0 Å². The summed E-state index contributed by atoms with van der Waals surface area (Å²) in [4.78, 5) is 13.8. The fourth-order valence-corrected chi connectivity index (χ4v) is 5.97. The number of carbonyl (C=O) groups excluding carboxylic acids is 1. The molecule has 0 N–H and O–H groups in total. The maximum absolute atomic E-state index is 13.8. The van der Waals surface area contributed by atoms with Gasteiger partial charge in [-0.1, -0.05) is 81.4 Å². The average Bonchev–Trinajstić information content (AvgIpc) is 2.91. The summed E-state index contributed by atoms with van der Waals surface area (Å²) >= 11 is 0. The Hall–Kier alpha value is -1.89. The lowest BCUT2D eigenvalue weighted by molar-refractivity contribution is -0.137. The maximum atomic E-state index is 13.8. The van der Waals surface area contributed by atoms with Crippen LogP contribution in [0.2, 0.25) is 0 Å². The van der Waals surface area contributed by atoms with Crippen LogP contribution in [-0.2, 0) is 17.6 Å². The van der Waals surface area contributed by atoms with E-state index in [4.69, 9.17) is 0 Å². The zero-order valence-corrected chi connectivity index (χ0v) is 15.6. The Bertz CT molecular complexity index is 733. The van der Waals surface area contributed by atoms with Crippen LogP contribution in [0.15, 0.2) is 60.7 Å². The normalized spacial score (nSPS) is 29.1. The number of benzene rings is 2. The first-order valence-corrected chi connectivity index (χ1v) is 9.53. The molecule has 0 aliphatic heterocycles. The first-order chi connectivity index (χ1) is 11.9. The van der Waals surface area contributed by atoms with Crippen molar-refractivity contribution in [3.8, 4) is 0 Å². The van der Waals surface area contributed by atoms with Gasteiger partial charge in [0.2, 0.25) is 0 Å². The van der Waals surface area contributed by atoms with Crippen molar-refractivity contribution in [1.82, 2.24) is 0 Å². The molecule has 2 aliphatic rings. The smallest absolute Gasteiger partial charge is 0.146 e. The number of Topliss-reactive ketones (excluding diaryl/α,β-unsaturated/α-hetero) is 1. The Balaban J connectivity index is 1.81. The van der Waals surface area contributed by atoms with Crippen molar-refractivity contribution in [3.05, 3.63) is 71.8 Å². The van der Waals surface area contributed by atoms with E-state index in [1.807, 2.05) is 0 Å². The van der Waals surface area contributed by atoms with E-state index < -0.39 is 0 Å². The Labute approximate surface area is 151 Å². The van der Waals surface area contributed by atoms with Crippen LogP contribution in [0.5, 0.6) is 0 Å². The quantitative estimate of drug-likeness (QED) is 0.724. The molecule has 0 aromatic heterocycles. The molecule has 2 unspecified atom stereocenters. The molecule has 0 saturated heterocycles. The van der Waals surface area contributed by atoms with Crippen LogP contribution in [-0.4, -0.2) is 5.78 Å². The Morgan fingerprint density at radius 1 is 0.840 bits per heavy atom. The van der Waals surface area contributed by atoms with Crippen molar-refractivity contribution in [2.45, 2.75) is 46.5 Å². The van der Waals surface area contributed by atoms with Crippen LogP contribution < -0.4 is 0 Å². The zero-order valence-electron chi connectivity index (χ0n) is 15.6. The van der Waals surface area contributed by atoms with Crippen molar-refractivity contribution in [2.75, 3.05) is 0 Å². The summed E-state index contributed by atoms with van der Waals surface area (Å²) in [5.74, 6) is 0.965. The summed E-state index contributed by atoms with van der Waals surface area (Å²) in [7, 11) is 0. The van der Waals surface area contributed by atoms with E-state index in [1.165, 1.54) is 17.5 Å². The van der Waals surface area contributed by atoms with Gasteiger partial charge in [-0.15, -0.1) is 0 Å². The van der Waals surface area contributed by atoms with Crippen LogP contribution in [0.4, 0.5) is 0 Å². The second-order valence-corrected chi connectivity index (χ2v) is 8.96. The standard InChI is InChI=1S/C24H28O/c1-22(2)20-14-15-23(22,3)21(25)24(20,16-18-10-6-4-7-11-18)17-19-12-8-5-9-13-19/h4-13,20H,14-17H2,1-3H3. The van der Waals surface area contributed by atoms with Gasteiger partial charge < -0.3 is 0 Å². The Morgan fingerprint density at radius 3 is 1.72 bits per heavy atom. The molecule has 2 saturated carbocycles. The number of hydrogen-bond acceptors (Lipinski definition) is 1. The van der Waals surface area contributed by atoms with Gasteiger partial charge in [-0.05, 0) is 48.1 Å². The van der Waals surface area contributed by atoms with Gasteiger partial charge in [0.05, 0.1) is 0 Å². The van der Waals surface area contributed by atoms with Crippen LogP contribution in [0, 0.1) is 22.2 Å². The highest BCUT2D eigenvalue weighted by molar-refractivity contribution is 5.95. The highest BCUT2D eigenvalue weighted by Crippen LogP contribution is 2.71. The van der Waals surface area contributed by atoms with Gasteiger partial charge in [-0.25, -0.2) is 0 Å². The third-order valence-corrected chi connectivity index (χ3v) is 7.57. The average molecular weight is 332 g/mol. The van der Waals surface area contributed by atoms with E-state index >= 15 is 0 Å². The highest BCUT2D eigenvalue weighted by atomic mass is 16.1. The molecule has 2 bridgehead atoms. The first-order valence-electron chi connectivity index (χ1n) is 9.53. The van der Waals surface area contributed by atoms with Crippen molar-refractivity contribution < 1.29 is 4.79 Å². The van der Waals surface area contributed by atoms with Gasteiger partial charge in [0, 0.05) is 10.8 Å². The van der Waals surface area contributed by atoms with Crippen molar-refractivity contribution >= 4 is 5.78 Å². The van der Waals surface area contributed by atoms with Crippen molar-refractivity contribution in [2.24, 2.45) is 22.2 Å². The molecule has 1 nitrogen and oxygen atoms in total. The van der Waals surface area contributed by atoms with Gasteiger partial charge in [-0.2, -0.15) is 0 Å². The van der Waals surface area contributed by atoms with E-state index in [-0.39, 0.29) is 16.2 Å². The van der Waals surface area contributed by atoms with Gasteiger partial charge in [0.1, 0.15) is 5.78 Å². The molecular weight excluding hydrogens is 304 g/mol. The minimum atomic E-state index is -0.265. The molecule has 2 aliphatic carbocycles. The summed E-state index contributed by atoms with van der Waals surface area (Å²) < 4.78 is 0. The molecule has 2 atom stereocenters. The molecule has 1 heteroatoms. The highest BCUT2D eigenvalue weighted by Gasteiger charge is 2.72. The number of rotatable bonds is 4. The molecule has 2 fully saturated rings. The predicted molar refractivity (Wildman–Crippen MR) is 102 cm³/mol. The molecule has 0 heterocycles. The van der Waals surface area contributed by atoms with E-state index in [0.717, 1.165) is 19.3 Å². The minimum absolute atomic E-state index is 0.0770. The molecular formula is C24H28O. The molecule has 0 radical (unpaired) electrons. The van der Waals surface area contributed by atoms with E-state index in [0.29, 0.717) is 11.7 Å². The monoisotopic (exact) mass is 332 g/mol. The second kappa shape index (κ2) is 5.56. The third kappa shape index (κ3) is 2.25. The molecule has 2 aromatic rings. The van der Waals surface area contributed by atoms with Gasteiger partial charge in [0.15, 0.2) is 0 Å². The number of fused-ring (bicyclic) bond motifs is 2. The molecule has 0 spiro atoms. The lowest BCUT2D eigenvalue weighted by atomic mass is 9.63. The molecule has 0 amide bonds. The third-order valence-electron chi connectivity index (χ3n) is 7.57. The van der Waals surface area contributed by atoms with E-state index in [9.17, 15) is 4.79 Å². The van der Waals surface area contributed by atoms with E-state index in [1.54, 1.807) is 0 Å². The molecule has 2 aromatic carbocycles. The number of carbonyl (C=O) groups is 1. The first kappa shape index (κ1) is 16.6. The summed E-state index contributed by atoms with van der Waals surface area (Å²) in [6, 6.07) is 21.2. The van der Waals surface area contributed by atoms with Crippen LogP contribution in [0.1, 0.15) is 44.7 Å². The molecule has 130 valence electrons. The van der Waals surface area contributed by atoms with Gasteiger partial charge >= 0.3 is 0 Å². The van der Waals surface area contributed by atoms with Crippen molar-refractivity contribution in [1.29, 1.82) is 0 Å². The summed E-state index contributed by atoms with van der Waals surface area (Å²) in [6.45, 7) is 6.90. The SMILES string of the molecule is CC12CCC(C(Cc3ccccc3)(Cc3ccccc3)C1=O)C2(C)C. The Kier molecular flexibility index (Phi) is 3.68. The largest absolute Gasteiger partial charge is 0.298 e. The predicted octanol–water partition coefficient (Wildman–Crippen LogP) is 5.48. The number of ketones is 1. The van der Waals surface area contributed by atoms with E-state index in [2.05, 4.69) is 81.4 Å². The summed E-state index contributed by atoms with van der Waals surface area (Å²) in [5, 5.41) is 0. The van der Waals surface area contributed by atoms with Crippen LogP contribution >= 0.6 is 0 Å². The topological polar surface area (TPSA) is 17.1 Å². The van der Waals surface area contributed by atoms with Crippen LogP contribution in [0.3, 0.4) is 0 Å². The Morgan fingerprint density at radius 2 is 1.32 bits per heavy atom. The van der Waals surface area contributed by atoms with Gasteiger partial charge in [-0.3, -0.25) is 4.79 Å². The van der Waals surface area contributed by atoms with Crippen molar-refractivity contribution in [3.63, 3.8) is 0 Å². The fraction of sp³-hybridized carbons (Fsp3) is 0.458. The summed E-state index contributed by atoms with van der Waals surface area (Å²) in [5.41, 5.74) is 2.21. The number of hydrogen-bond donors (Lipinski definition) is 0. The minimum Gasteiger partial charge on any atom is -0.298 e. The fourth-order valence-electron chi connectivity index (χ4n) is 5.97.